The number of pyridine rings is 1. The molecule has 8 rings (SSSR count). The molecule has 50 heavy (non-hydrogen) atoms. The van der Waals surface area contributed by atoms with E-state index in [9.17, 15) is 0 Å². The molecule has 6 nitrogen and oxygen atoms in total. The Morgan fingerprint density at radius 2 is 1.02 bits per heavy atom. The molecule has 0 spiro atoms. The molecule has 1 aromatic heterocycles. The third-order valence-electron chi connectivity index (χ3n) is 12.0. The standard InChI is InChI=1S/C22H29N3O.C22H28N2/c1-26-22-8-3-2-7-21(22)25-16-14-24(15-17-25)19-11-9-18(10-12-19)20-6-4-5-13-23-20;1-3-7-19(8-4-1)20-11-13-22(14-12-20)24-17-15-23(16-18-24)21-9-5-2-6-10-21/h2-8,13,18-19H,9-12,14-17H2,1H3;1-10,20,22H,11-18H2/t18-,19-;20-,22-. The van der Waals surface area contributed by atoms with Gasteiger partial charge in [-0.2, -0.15) is 0 Å². The molecular weight excluding hydrogens is 615 g/mol. The SMILES string of the molecule is COc1ccccc1N1CCN([C@H]2CC[C@H](c3ccccn3)CC2)CC1.c1ccc(N2CCN([C@H]3CC[C@H](c4ccccc4)CC3)CC2)cc1. The van der Waals surface area contributed by atoms with Crippen LogP contribution in [0.15, 0.2) is 109 Å². The van der Waals surface area contributed by atoms with Gasteiger partial charge in [0.1, 0.15) is 5.75 Å². The molecule has 264 valence electrons. The van der Waals surface area contributed by atoms with Crippen molar-refractivity contribution in [2.75, 3.05) is 69.3 Å². The van der Waals surface area contributed by atoms with Gasteiger partial charge in [-0.25, -0.2) is 0 Å². The lowest BCUT2D eigenvalue weighted by Crippen LogP contribution is -2.51. The van der Waals surface area contributed by atoms with E-state index in [4.69, 9.17) is 4.74 Å². The molecule has 0 atom stereocenters. The molecule has 2 saturated carbocycles. The topological polar surface area (TPSA) is 35.1 Å². The van der Waals surface area contributed by atoms with Gasteiger partial charge in [-0.3, -0.25) is 14.8 Å². The number of aromatic nitrogens is 1. The Labute approximate surface area is 301 Å². The Kier molecular flexibility index (Phi) is 12.0. The quantitative estimate of drug-likeness (QED) is 0.196. The number of para-hydroxylation sites is 3. The van der Waals surface area contributed by atoms with Gasteiger partial charge in [-0.05, 0) is 99.2 Å². The fraction of sp³-hybridized carbons (Fsp3) is 0.477. The molecule has 0 radical (unpaired) electrons. The van der Waals surface area contributed by atoms with Crippen molar-refractivity contribution in [3.05, 3.63) is 121 Å². The van der Waals surface area contributed by atoms with Crippen molar-refractivity contribution in [3.8, 4) is 5.75 Å². The highest BCUT2D eigenvalue weighted by Crippen LogP contribution is 2.36. The summed E-state index contributed by atoms with van der Waals surface area (Å²) >= 11 is 0. The van der Waals surface area contributed by atoms with Gasteiger partial charge in [0.2, 0.25) is 0 Å². The molecule has 0 bridgehead atoms. The number of benzene rings is 3. The first-order chi connectivity index (χ1) is 24.7. The molecule has 2 aliphatic heterocycles. The van der Waals surface area contributed by atoms with Crippen LogP contribution in [-0.2, 0) is 0 Å². The van der Waals surface area contributed by atoms with Crippen LogP contribution in [0.25, 0.3) is 0 Å². The highest BCUT2D eigenvalue weighted by atomic mass is 16.5. The van der Waals surface area contributed by atoms with Gasteiger partial charge in [0.25, 0.3) is 0 Å². The van der Waals surface area contributed by atoms with E-state index in [1.54, 1.807) is 12.7 Å². The molecule has 4 fully saturated rings. The van der Waals surface area contributed by atoms with E-state index in [0.717, 1.165) is 49.9 Å². The van der Waals surface area contributed by atoms with Crippen LogP contribution in [0.1, 0.15) is 74.5 Å². The van der Waals surface area contributed by atoms with E-state index in [-0.39, 0.29) is 0 Å². The molecule has 3 aromatic carbocycles. The Balaban J connectivity index is 0.000000157. The minimum absolute atomic E-state index is 0.655. The maximum atomic E-state index is 5.53. The van der Waals surface area contributed by atoms with Crippen molar-refractivity contribution in [1.82, 2.24) is 14.8 Å². The zero-order valence-corrected chi connectivity index (χ0v) is 30.2. The van der Waals surface area contributed by atoms with Crippen LogP contribution >= 0.6 is 0 Å². The lowest BCUT2D eigenvalue weighted by molar-refractivity contribution is 0.140. The van der Waals surface area contributed by atoms with Crippen molar-refractivity contribution < 1.29 is 4.74 Å². The Bertz CT molecular complexity index is 1480. The lowest BCUT2D eigenvalue weighted by atomic mass is 9.81. The monoisotopic (exact) mass is 671 g/mol. The number of methoxy groups -OCH3 is 1. The minimum Gasteiger partial charge on any atom is -0.495 e. The van der Waals surface area contributed by atoms with Gasteiger partial charge >= 0.3 is 0 Å². The number of hydrogen-bond acceptors (Lipinski definition) is 6. The van der Waals surface area contributed by atoms with Crippen molar-refractivity contribution in [1.29, 1.82) is 0 Å². The summed E-state index contributed by atoms with van der Waals surface area (Å²) in [4.78, 5) is 15.0. The van der Waals surface area contributed by atoms with Crippen LogP contribution in [0.4, 0.5) is 11.4 Å². The van der Waals surface area contributed by atoms with Crippen LogP contribution < -0.4 is 14.5 Å². The maximum Gasteiger partial charge on any atom is 0.142 e. The molecule has 4 aliphatic rings. The smallest absolute Gasteiger partial charge is 0.142 e. The Morgan fingerprint density at radius 3 is 1.60 bits per heavy atom. The number of nitrogens with zero attached hydrogens (tertiary/aromatic N) is 5. The predicted octanol–water partition coefficient (Wildman–Crippen LogP) is 8.47. The highest BCUT2D eigenvalue weighted by Gasteiger charge is 2.31. The molecule has 2 saturated heterocycles. The third kappa shape index (κ3) is 8.70. The normalized spacial score (nSPS) is 25.0. The summed E-state index contributed by atoms with van der Waals surface area (Å²) in [6.45, 7) is 9.24. The molecule has 6 heteroatoms. The average molecular weight is 672 g/mol. The number of ether oxygens (including phenoxy) is 1. The zero-order valence-electron chi connectivity index (χ0n) is 30.2. The van der Waals surface area contributed by atoms with Crippen LogP contribution in [0.2, 0.25) is 0 Å². The first-order valence-electron chi connectivity index (χ1n) is 19.4. The molecule has 4 aromatic rings. The van der Waals surface area contributed by atoms with Gasteiger partial charge in [0.05, 0.1) is 12.8 Å². The van der Waals surface area contributed by atoms with Crippen molar-refractivity contribution in [3.63, 3.8) is 0 Å². The van der Waals surface area contributed by atoms with Crippen LogP contribution in [-0.4, -0.2) is 86.3 Å². The first-order valence-corrected chi connectivity index (χ1v) is 19.4. The average Bonchev–Trinajstić information content (AvgIpc) is 3.22. The summed E-state index contributed by atoms with van der Waals surface area (Å²) in [6.07, 6.45) is 12.5. The van der Waals surface area contributed by atoms with Gasteiger partial charge in [0, 0.05) is 87.9 Å². The molecular formula is C44H57N5O. The summed E-state index contributed by atoms with van der Waals surface area (Å²) in [5.41, 5.74) is 5.44. The number of piperazine rings is 2. The third-order valence-corrected chi connectivity index (χ3v) is 12.0. The molecule has 0 amide bonds. The number of rotatable bonds is 7. The second kappa shape index (κ2) is 17.4. The van der Waals surface area contributed by atoms with Crippen molar-refractivity contribution in [2.45, 2.75) is 75.3 Å². The molecule has 2 aliphatic carbocycles. The summed E-state index contributed by atoms with van der Waals surface area (Å²) in [7, 11) is 1.76. The summed E-state index contributed by atoms with van der Waals surface area (Å²) in [5, 5.41) is 0. The van der Waals surface area contributed by atoms with E-state index in [1.807, 2.05) is 18.3 Å². The van der Waals surface area contributed by atoms with Crippen LogP contribution in [0.3, 0.4) is 0 Å². The maximum absolute atomic E-state index is 5.53. The minimum atomic E-state index is 0.655. The van der Waals surface area contributed by atoms with Crippen molar-refractivity contribution >= 4 is 11.4 Å². The molecule has 0 unspecified atom stereocenters. The summed E-state index contributed by atoms with van der Waals surface area (Å²) < 4.78 is 5.53. The first kappa shape index (κ1) is 34.6. The van der Waals surface area contributed by atoms with Crippen LogP contribution in [0.5, 0.6) is 5.75 Å². The fourth-order valence-electron chi connectivity index (χ4n) is 9.06. The second-order valence-electron chi connectivity index (χ2n) is 14.7. The van der Waals surface area contributed by atoms with E-state index < -0.39 is 0 Å². The lowest BCUT2D eigenvalue weighted by Gasteiger charge is -2.42. The summed E-state index contributed by atoms with van der Waals surface area (Å²) in [5.74, 6) is 2.42. The fourth-order valence-corrected chi connectivity index (χ4v) is 9.06. The van der Waals surface area contributed by atoms with E-state index in [2.05, 4.69) is 116 Å². The highest BCUT2D eigenvalue weighted by molar-refractivity contribution is 5.58. The van der Waals surface area contributed by atoms with Crippen LogP contribution in [0, 0.1) is 0 Å². The van der Waals surface area contributed by atoms with Gasteiger partial charge < -0.3 is 14.5 Å². The molecule has 3 heterocycles. The van der Waals surface area contributed by atoms with Gasteiger partial charge in [-0.15, -0.1) is 0 Å². The Hall–Kier alpha value is -3.87. The van der Waals surface area contributed by atoms with Crippen molar-refractivity contribution in [2.24, 2.45) is 0 Å². The van der Waals surface area contributed by atoms with E-state index in [0.29, 0.717) is 5.92 Å². The van der Waals surface area contributed by atoms with Gasteiger partial charge in [-0.1, -0.05) is 66.7 Å². The van der Waals surface area contributed by atoms with E-state index in [1.165, 1.54) is 94.6 Å². The summed E-state index contributed by atoms with van der Waals surface area (Å²) in [6, 6.07) is 38.2. The van der Waals surface area contributed by atoms with E-state index >= 15 is 0 Å². The molecule has 0 N–H and O–H groups in total. The second-order valence-corrected chi connectivity index (χ2v) is 14.7. The zero-order chi connectivity index (χ0) is 34.0. The number of hydrogen-bond donors (Lipinski definition) is 0. The predicted molar refractivity (Wildman–Crippen MR) is 208 cm³/mol. The number of anilines is 2. The largest absolute Gasteiger partial charge is 0.495 e. The Morgan fingerprint density at radius 1 is 0.500 bits per heavy atom. The van der Waals surface area contributed by atoms with Gasteiger partial charge in [0.15, 0.2) is 0 Å².